The highest BCUT2D eigenvalue weighted by Gasteiger charge is 2.25. The molecule has 1 rings (SSSR count). The lowest BCUT2D eigenvalue weighted by molar-refractivity contribution is 0.121. The van der Waals surface area contributed by atoms with Gasteiger partial charge >= 0.3 is 6.03 Å². The standard InChI is InChI=1S/C12H25N3O/c1-4-8-14(5-2)11-6-9-15(10-7-11)12(16)13-3/h11H,4-10H2,1-3H3,(H,13,16). The maximum absolute atomic E-state index is 11.4. The average molecular weight is 227 g/mol. The molecule has 1 heterocycles. The van der Waals surface area contributed by atoms with Crippen LogP contribution in [0, 0.1) is 0 Å². The molecule has 1 fully saturated rings. The number of carbonyl (C=O) groups is 1. The molecule has 1 N–H and O–H groups in total. The van der Waals surface area contributed by atoms with Gasteiger partial charge in [-0.1, -0.05) is 13.8 Å². The van der Waals surface area contributed by atoms with Crippen molar-refractivity contribution < 1.29 is 4.79 Å². The molecule has 0 spiro atoms. The van der Waals surface area contributed by atoms with Crippen LogP contribution in [0.4, 0.5) is 4.79 Å². The van der Waals surface area contributed by atoms with Gasteiger partial charge in [0, 0.05) is 26.2 Å². The molecule has 16 heavy (non-hydrogen) atoms. The van der Waals surface area contributed by atoms with Gasteiger partial charge in [-0.25, -0.2) is 4.79 Å². The fourth-order valence-corrected chi connectivity index (χ4v) is 2.48. The summed E-state index contributed by atoms with van der Waals surface area (Å²) in [4.78, 5) is 15.9. The second kappa shape index (κ2) is 6.74. The maximum atomic E-state index is 11.4. The summed E-state index contributed by atoms with van der Waals surface area (Å²) in [6.45, 7) is 8.54. The smallest absolute Gasteiger partial charge is 0.317 e. The fourth-order valence-electron chi connectivity index (χ4n) is 2.48. The lowest BCUT2D eigenvalue weighted by Crippen LogP contribution is -2.49. The Morgan fingerprint density at radius 1 is 1.38 bits per heavy atom. The lowest BCUT2D eigenvalue weighted by atomic mass is 10.0. The summed E-state index contributed by atoms with van der Waals surface area (Å²) in [6, 6.07) is 0.739. The molecule has 0 aromatic carbocycles. The minimum absolute atomic E-state index is 0.0667. The zero-order valence-electron chi connectivity index (χ0n) is 10.8. The van der Waals surface area contributed by atoms with Crippen LogP contribution in [-0.2, 0) is 0 Å². The van der Waals surface area contributed by atoms with Gasteiger partial charge in [0.1, 0.15) is 0 Å². The van der Waals surface area contributed by atoms with Gasteiger partial charge < -0.3 is 15.1 Å². The van der Waals surface area contributed by atoms with Crippen LogP contribution in [0.5, 0.6) is 0 Å². The number of nitrogens with zero attached hydrogens (tertiary/aromatic N) is 2. The quantitative estimate of drug-likeness (QED) is 0.790. The molecule has 2 amide bonds. The third-order valence-corrected chi connectivity index (χ3v) is 3.40. The van der Waals surface area contributed by atoms with E-state index in [0.717, 1.165) is 32.5 Å². The molecule has 0 aromatic heterocycles. The minimum atomic E-state index is 0.0667. The average Bonchev–Trinajstić information content (AvgIpc) is 2.35. The molecule has 94 valence electrons. The van der Waals surface area contributed by atoms with E-state index in [4.69, 9.17) is 0 Å². The maximum Gasteiger partial charge on any atom is 0.317 e. The molecular formula is C12H25N3O. The fraction of sp³-hybridized carbons (Fsp3) is 0.917. The van der Waals surface area contributed by atoms with Crippen LogP contribution < -0.4 is 5.32 Å². The Morgan fingerprint density at radius 3 is 2.44 bits per heavy atom. The van der Waals surface area contributed by atoms with Crippen molar-refractivity contribution in [1.82, 2.24) is 15.1 Å². The topological polar surface area (TPSA) is 35.6 Å². The normalized spacial score (nSPS) is 17.9. The van der Waals surface area contributed by atoms with E-state index >= 15 is 0 Å². The zero-order chi connectivity index (χ0) is 12.0. The van der Waals surface area contributed by atoms with Gasteiger partial charge in [-0.2, -0.15) is 0 Å². The second-order valence-electron chi connectivity index (χ2n) is 4.40. The summed E-state index contributed by atoms with van der Waals surface area (Å²) in [7, 11) is 1.70. The van der Waals surface area contributed by atoms with Crippen molar-refractivity contribution in [3.05, 3.63) is 0 Å². The Hall–Kier alpha value is -0.770. The van der Waals surface area contributed by atoms with E-state index in [-0.39, 0.29) is 6.03 Å². The molecule has 4 nitrogen and oxygen atoms in total. The summed E-state index contributed by atoms with van der Waals surface area (Å²) < 4.78 is 0. The van der Waals surface area contributed by atoms with Crippen LogP contribution >= 0.6 is 0 Å². The molecule has 4 heteroatoms. The van der Waals surface area contributed by atoms with Gasteiger partial charge in [0.15, 0.2) is 0 Å². The van der Waals surface area contributed by atoms with Crippen molar-refractivity contribution in [2.75, 3.05) is 33.2 Å². The van der Waals surface area contributed by atoms with Crippen molar-refractivity contribution in [2.45, 2.75) is 39.2 Å². The number of nitrogens with one attached hydrogen (secondary N) is 1. The first-order valence-electron chi connectivity index (χ1n) is 6.43. The Labute approximate surface area is 99.0 Å². The van der Waals surface area contributed by atoms with Gasteiger partial charge in [0.2, 0.25) is 0 Å². The van der Waals surface area contributed by atoms with Gasteiger partial charge in [-0.3, -0.25) is 0 Å². The van der Waals surface area contributed by atoms with Gasteiger partial charge in [0.25, 0.3) is 0 Å². The summed E-state index contributed by atoms with van der Waals surface area (Å²) in [5, 5.41) is 2.69. The Balaban J connectivity index is 2.38. The van der Waals surface area contributed by atoms with Gasteiger partial charge in [-0.05, 0) is 32.4 Å². The van der Waals surface area contributed by atoms with Crippen molar-refractivity contribution in [1.29, 1.82) is 0 Å². The first-order valence-corrected chi connectivity index (χ1v) is 6.43. The molecular weight excluding hydrogens is 202 g/mol. The van der Waals surface area contributed by atoms with Crippen LogP contribution in [0.3, 0.4) is 0 Å². The van der Waals surface area contributed by atoms with Crippen LogP contribution in [0.1, 0.15) is 33.1 Å². The van der Waals surface area contributed by atoms with Gasteiger partial charge in [-0.15, -0.1) is 0 Å². The number of urea groups is 1. The van der Waals surface area contributed by atoms with Crippen molar-refractivity contribution in [3.63, 3.8) is 0 Å². The van der Waals surface area contributed by atoms with E-state index in [1.165, 1.54) is 13.0 Å². The number of likely N-dealkylation sites (tertiary alicyclic amines) is 1. The number of amides is 2. The monoisotopic (exact) mass is 227 g/mol. The lowest BCUT2D eigenvalue weighted by Gasteiger charge is -2.37. The van der Waals surface area contributed by atoms with Crippen LogP contribution in [0.2, 0.25) is 0 Å². The Kier molecular flexibility index (Phi) is 5.60. The number of piperidine rings is 1. The molecule has 1 saturated heterocycles. The predicted molar refractivity (Wildman–Crippen MR) is 66.6 cm³/mol. The third kappa shape index (κ3) is 3.37. The zero-order valence-corrected chi connectivity index (χ0v) is 10.8. The van der Waals surface area contributed by atoms with Crippen LogP contribution in [0.25, 0.3) is 0 Å². The molecule has 1 aliphatic rings. The Morgan fingerprint density at radius 2 is 2.00 bits per heavy atom. The van der Waals surface area contributed by atoms with Crippen LogP contribution in [0.15, 0.2) is 0 Å². The summed E-state index contributed by atoms with van der Waals surface area (Å²) in [5.74, 6) is 0. The van der Waals surface area contributed by atoms with Crippen molar-refractivity contribution in [2.24, 2.45) is 0 Å². The van der Waals surface area contributed by atoms with E-state index in [1.807, 2.05) is 4.90 Å². The van der Waals surface area contributed by atoms with E-state index < -0.39 is 0 Å². The molecule has 0 saturated carbocycles. The molecule has 0 radical (unpaired) electrons. The first-order chi connectivity index (χ1) is 7.72. The van der Waals surface area contributed by atoms with Crippen LogP contribution in [-0.4, -0.2) is 55.1 Å². The van der Waals surface area contributed by atoms with Crippen molar-refractivity contribution >= 4 is 6.03 Å². The number of hydrogen-bond acceptors (Lipinski definition) is 2. The summed E-state index contributed by atoms with van der Waals surface area (Å²) in [5.41, 5.74) is 0. The molecule has 0 aliphatic carbocycles. The molecule has 0 bridgehead atoms. The number of rotatable bonds is 4. The molecule has 0 aromatic rings. The molecule has 1 aliphatic heterocycles. The second-order valence-corrected chi connectivity index (χ2v) is 4.40. The summed E-state index contributed by atoms with van der Waals surface area (Å²) >= 11 is 0. The van der Waals surface area contributed by atoms with E-state index in [1.54, 1.807) is 7.05 Å². The molecule has 0 atom stereocenters. The number of carbonyl (C=O) groups excluding carboxylic acids is 1. The minimum Gasteiger partial charge on any atom is -0.341 e. The SMILES string of the molecule is CCCN(CC)C1CCN(C(=O)NC)CC1. The highest BCUT2D eigenvalue weighted by molar-refractivity contribution is 5.73. The van der Waals surface area contributed by atoms with E-state index in [0.29, 0.717) is 6.04 Å². The number of hydrogen-bond donors (Lipinski definition) is 1. The first kappa shape index (κ1) is 13.3. The highest BCUT2D eigenvalue weighted by Crippen LogP contribution is 2.16. The Bertz CT molecular complexity index is 212. The summed E-state index contributed by atoms with van der Waals surface area (Å²) in [6.07, 6.45) is 3.44. The van der Waals surface area contributed by atoms with E-state index in [2.05, 4.69) is 24.1 Å². The largest absolute Gasteiger partial charge is 0.341 e. The predicted octanol–water partition coefficient (Wildman–Crippen LogP) is 1.52. The highest BCUT2D eigenvalue weighted by atomic mass is 16.2. The molecule has 0 unspecified atom stereocenters. The van der Waals surface area contributed by atoms with Gasteiger partial charge in [0.05, 0.1) is 0 Å². The van der Waals surface area contributed by atoms with E-state index in [9.17, 15) is 4.79 Å². The third-order valence-electron chi connectivity index (χ3n) is 3.40. The van der Waals surface area contributed by atoms with Crippen molar-refractivity contribution in [3.8, 4) is 0 Å².